The summed E-state index contributed by atoms with van der Waals surface area (Å²) in [6, 6.07) is 5.38. The zero-order valence-electron chi connectivity index (χ0n) is 18.5. The van der Waals surface area contributed by atoms with E-state index in [9.17, 15) is 9.59 Å². The number of nitriles is 1. The summed E-state index contributed by atoms with van der Waals surface area (Å²) in [7, 11) is 0. The van der Waals surface area contributed by atoms with Crippen LogP contribution in [0.25, 0.3) is 0 Å². The van der Waals surface area contributed by atoms with Gasteiger partial charge >= 0.3 is 0 Å². The zero-order chi connectivity index (χ0) is 23.9. The quantitative estimate of drug-likeness (QED) is 0.237. The smallest absolute Gasteiger partial charge is 0.242 e. The Morgan fingerprint density at radius 2 is 1.88 bits per heavy atom. The first-order valence-electron chi connectivity index (χ1n) is 10.5. The van der Waals surface area contributed by atoms with Crippen LogP contribution >= 0.6 is 11.6 Å². The highest BCUT2D eigenvalue weighted by Gasteiger charge is 2.23. The van der Waals surface area contributed by atoms with Crippen LogP contribution in [-0.2, 0) is 9.59 Å². The maximum atomic E-state index is 11.9. The minimum absolute atomic E-state index is 0.0262. The van der Waals surface area contributed by atoms with Crippen molar-refractivity contribution in [2.45, 2.75) is 45.4 Å². The van der Waals surface area contributed by atoms with Crippen LogP contribution < -0.4 is 11.1 Å². The molecule has 0 saturated carbocycles. The highest BCUT2D eigenvalue weighted by atomic mass is 35.5. The summed E-state index contributed by atoms with van der Waals surface area (Å²) in [6.45, 7) is 4.75. The van der Waals surface area contributed by atoms with Gasteiger partial charge in [-0.1, -0.05) is 24.1 Å². The van der Waals surface area contributed by atoms with E-state index in [2.05, 4.69) is 23.2 Å². The molecule has 0 radical (unpaired) electrons. The maximum absolute atomic E-state index is 11.9. The van der Waals surface area contributed by atoms with Gasteiger partial charge in [-0.2, -0.15) is 5.26 Å². The summed E-state index contributed by atoms with van der Waals surface area (Å²) in [4.78, 5) is 31.2. The lowest BCUT2D eigenvalue weighted by molar-refractivity contribution is -0.139. The number of terminal acetylenes is 1. The Bertz CT molecular complexity index is 856. The van der Waals surface area contributed by atoms with Gasteiger partial charge in [0.15, 0.2) is 6.19 Å². The number of nitrogens with two attached hydrogens (primary N) is 1. The van der Waals surface area contributed by atoms with Crippen molar-refractivity contribution in [3.63, 3.8) is 0 Å². The second-order valence-electron chi connectivity index (χ2n) is 7.40. The first kappa shape index (κ1) is 26.8. The minimum Gasteiger partial charge on any atom is -0.369 e. The fourth-order valence-electron chi connectivity index (χ4n) is 3.35. The normalized spacial score (nSPS) is 16.0. The average Bonchev–Trinajstić information content (AvgIpc) is 3.24. The molecule has 1 aromatic carbocycles. The lowest BCUT2D eigenvalue weighted by atomic mass is 10.2. The van der Waals surface area contributed by atoms with Gasteiger partial charge in [-0.3, -0.25) is 14.9 Å². The summed E-state index contributed by atoms with van der Waals surface area (Å²) in [5.74, 6) is 0.316. The van der Waals surface area contributed by atoms with Crippen LogP contribution in [0.4, 0.5) is 5.69 Å². The molecule has 2 saturated heterocycles. The molecule has 0 aliphatic carbocycles. The molecule has 0 bridgehead atoms. The van der Waals surface area contributed by atoms with E-state index in [1.165, 1.54) is 0 Å². The third-order valence-electron chi connectivity index (χ3n) is 4.98. The molecule has 32 heavy (non-hydrogen) atoms. The molecule has 172 valence electrons. The molecule has 0 atom stereocenters. The second-order valence-corrected chi connectivity index (χ2v) is 7.81. The number of aliphatic imine (C=N–C) groups is 1. The van der Waals surface area contributed by atoms with Gasteiger partial charge in [0.1, 0.15) is 0 Å². The topological polar surface area (TPSA) is 115 Å². The maximum Gasteiger partial charge on any atom is 0.242 e. The zero-order valence-corrected chi connectivity index (χ0v) is 19.3. The second kappa shape index (κ2) is 14.7. The van der Waals surface area contributed by atoms with Gasteiger partial charge in [-0.15, -0.1) is 12.8 Å². The summed E-state index contributed by atoms with van der Waals surface area (Å²) in [6.07, 6.45) is 15.6. The number of carbonyl (C=O) groups is 2. The molecule has 0 spiro atoms. The van der Waals surface area contributed by atoms with Crippen LogP contribution in [0.5, 0.6) is 0 Å². The Kier molecular flexibility index (Phi) is 12.3. The first-order chi connectivity index (χ1) is 15.4. The van der Waals surface area contributed by atoms with Crippen molar-refractivity contribution in [3.8, 4) is 19.0 Å². The van der Waals surface area contributed by atoms with Crippen LogP contribution in [0.1, 0.15) is 44.1 Å². The van der Waals surface area contributed by atoms with Crippen molar-refractivity contribution in [2.75, 3.05) is 26.2 Å². The van der Waals surface area contributed by atoms with Gasteiger partial charge in [0.25, 0.3) is 0 Å². The van der Waals surface area contributed by atoms with Gasteiger partial charge in [0.2, 0.25) is 17.8 Å². The highest BCUT2D eigenvalue weighted by Crippen LogP contribution is 2.25. The van der Waals surface area contributed by atoms with Crippen molar-refractivity contribution >= 4 is 35.1 Å². The van der Waals surface area contributed by atoms with E-state index in [1.807, 2.05) is 17.9 Å². The van der Waals surface area contributed by atoms with E-state index in [-0.39, 0.29) is 17.8 Å². The number of carbonyl (C=O) groups excluding carboxylic acids is 2. The molecule has 0 unspecified atom stereocenters. The molecule has 2 aliphatic heterocycles. The van der Waals surface area contributed by atoms with Gasteiger partial charge in [-0.25, -0.2) is 4.99 Å². The van der Waals surface area contributed by atoms with Gasteiger partial charge in [0, 0.05) is 26.1 Å². The number of guanidine groups is 1. The number of nitrogens with one attached hydrogen (secondary N) is 1. The van der Waals surface area contributed by atoms with Crippen LogP contribution in [0.2, 0.25) is 5.02 Å². The Morgan fingerprint density at radius 3 is 2.50 bits per heavy atom. The summed E-state index contributed by atoms with van der Waals surface area (Å²) >= 11 is 5.90. The molecule has 0 aromatic heterocycles. The molecule has 1 aromatic rings. The molecule has 2 heterocycles. The van der Waals surface area contributed by atoms with E-state index in [4.69, 9.17) is 22.6 Å². The molecule has 8 nitrogen and oxygen atoms in total. The predicted molar refractivity (Wildman–Crippen MR) is 127 cm³/mol. The van der Waals surface area contributed by atoms with Crippen LogP contribution in [0.15, 0.2) is 23.2 Å². The number of hydrogen-bond donors (Lipinski definition) is 2. The van der Waals surface area contributed by atoms with Crippen molar-refractivity contribution in [1.29, 1.82) is 5.26 Å². The highest BCUT2D eigenvalue weighted by molar-refractivity contribution is 6.33. The molecule has 3 rings (SSSR count). The predicted octanol–water partition coefficient (Wildman–Crippen LogP) is 2.93. The number of hydrogen-bond acceptors (Lipinski definition) is 4. The van der Waals surface area contributed by atoms with Crippen LogP contribution in [0.3, 0.4) is 0 Å². The van der Waals surface area contributed by atoms with E-state index in [0.29, 0.717) is 23.7 Å². The van der Waals surface area contributed by atoms with Crippen LogP contribution in [0, 0.1) is 31.2 Å². The van der Waals surface area contributed by atoms with E-state index >= 15 is 0 Å². The van der Waals surface area contributed by atoms with Crippen molar-refractivity contribution in [2.24, 2.45) is 10.7 Å². The SMILES string of the molecule is C#C.Cc1ccc(N=C(N)NC#N)c(Cl)c1.O=C(CN1CCCCCC1=O)N1CCCC1. The molecule has 2 aliphatic rings. The summed E-state index contributed by atoms with van der Waals surface area (Å²) in [5, 5.41) is 11.0. The molecule has 9 heteroatoms. The Balaban J connectivity index is 0.000000300. The lowest BCUT2D eigenvalue weighted by Gasteiger charge is -2.23. The van der Waals surface area contributed by atoms with Crippen molar-refractivity contribution in [3.05, 3.63) is 28.8 Å². The third-order valence-corrected chi connectivity index (χ3v) is 5.29. The molecule has 3 N–H and O–H groups in total. The van der Waals surface area contributed by atoms with Crippen LogP contribution in [-0.4, -0.2) is 53.8 Å². The lowest BCUT2D eigenvalue weighted by Crippen LogP contribution is -2.41. The van der Waals surface area contributed by atoms with Crippen molar-refractivity contribution < 1.29 is 9.59 Å². The number of likely N-dealkylation sites (tertiary alicyclic amines) is 2. The molecule has 2 fully saturated rings. The van der Waals surface area contributed by atoms with Gasteiger partial charge in [-0.05, 0) is 50.3 Å². The summed E-state index contributed by atoms with van der Waals surface area (Å²) in [5.41, 5.74) is 6.96. The van der Waals surface area contributed by atoms with Gasteiger partial charge < -0.3 is 15.5 Å². The number of amides is 2. The fourth-order valence-corrected chi connectivity index (χ4v) is 3.63. The molecular weight excluding hydrogens is 428 g/mol. The number of aryl methyl sites for hydroxylation is 1. The minimum atomic E-state index is 0.0262. The number of rotatable bonds is 3. The van der Waals surface area contributed by atoms with Gasteiger partial charge in [0.05, 0.1) is 17.3 Å². The third kappa shape index (κ3) is 9.28. The Morgan fingerprint density at radius 1 is 1.22 bits per heavy atom. The van der Waals surface area contributed by atoms with E-state index < -0.39 is 0 Å². The first-order valence-corrected chi connectivity index (χ1v) is 10.9. The number of nitrogens with zero attached hydrogens (tertiary/aromatic N) is 4. The van der Waals surface area contributed by atoms with Crippen molar-refractivity contribution in [1.82, 2.24) is 15.1 Å². The Hall–Kier alpha value is -3.23. The number of benzene rings is 1. The van der Waals surface area contributed by atoms with E-state index in [1.54, 1.807) is 23.2 Å². The Labute approximate surface area is 195 Å². The van der Waals surface area contributed by atoms with E-state index in [0.717, 1.165) is 57.3 Å². The number of halogens is 1. The summed E-state index contributed by atoms with van der Waals surface area (Å²) < 4.78 is 0. The standard InChI is InChI=1S/C12H20N2O2.C9H9ClN4.C2H2/c15-11-6-2-1-3-9-14(11)10-12(16)13-7-4-5-8-13;1-6-2-3-8(7(10)4-6)14-9(12)13-5-11;1-2/h1-10H2;2-4H,1H3,(H3,12,13,14);1-2H. The fraction of sp³-hybridized carbons (Fsp3) is 0.478. The largest absolute Gasteiger partial charge is 0.369 e. The molecule has 2 amide bonds. The average molecular weight is 459 g/mol. The monoisotopic (exact) mass is 458 g/mol. The molecular formula is C23H31ClN6O2.